The Morgan fingerprint density at radius 1 is 0.633 bits per heavy atom. The third kappa shape index (κ3) is 5.60. The molecule has 0 N–H and O–H groups in total. The summed E-state index contributed by atoms with van der Waals surface area (Å²) in [6.07, 6.45) is 3.48. The van der Waals surface area contributed by atoms with Crippen molar-refractivity contribution in [2.45, 2.75) is 66.6 Å². The molecule has 2 aromatic rings. The fraction of sp³-hybridized carbons (Fsp3) is 0.500. The van der Waals surface area contributed by atoms with Crippen molar-refractivity contribution in [2.75, 3.05) is 14.2 Å². The van der Waals surface area contributed by atoms with Crippen molar-refractivity contribution in [3.63, 3.8) is 0 Å². The standard InChI is InChI=1S/C24H34O5P/c1-7-19-17(11-13-23(26-5)21(19)9-3)15-28-30(25)29-16-18-12-14-24(27-6)22(10-4)20(18)8-2/h11-14H,7-10,15-16H2,1-6H3/q+1. The fourth-order valence-electron chi connectivity index (χ4n) is 4.03. The third-order valence-electron chi connectivity index (χ3n) is 5.48. The Hall–Kier alpha value is -1.94. The highest BCUT2D eigenvalue weighted by Crippen LogP contribution is 2.33. The van der Waals surface area contributed by atoms with E-state index in [9.17, 15) is 4.57 Å². The highest BCUT2D eigenvalue weighted by molar-refractivity contribution is 7.33. The average molecular weight is 434 g/mol. The van der Waals surface area contributed by atoms with Crippen molar-refractivity contribution in [3.05, 3.63) is 57.6 Å². The maximum atomic E-state index is 12.4. The molecule has 6 heteroatoms. The fourth-order valence-corrected chi connectivity index (χ4v) is 4.59. The molecule has 0 radical (unpaired) electrons. The van der Waals surface area contributed by atoms with Gasteiger partial charge in [0.05, 0.1) is 14.2 Å². The van der Waals surface area contributed by atoms with Gasteiger partial charge in [-0.2, -0.15) is 0 Å². The van der Waals surface area contributed by atoms with Gasteiger partial charge in [-0.05, 0) is 71.2 Å². The van der Waals surface area contributed by atoms with E-state index < -0.39 is 8.25 Å². The molecule has 2 aromatic carbocycles. The van der Waals surface area contributed by atoms with Gasteiger partial charge < -0.3 is 9.47 Å². The normalized spacial score (nSPS) is 10.9. The minimum Gasteiger partial charge on any atom is -0.496 e. The summed E-state index contributed by atoms with van der Waals surface area (Å²) in [5.41, 5.74) is 6.78. The van der Waals surface area contributed by atoms with E-state index in [0.717, 1.165) is 48.3 Å². The highest BCUT2D eigenvalue weighted by atomic mass is 31.1. The first-order valence-electron chi connectivity index (χ1n) is 10.6. The minimum atomic E-state index is -2.23. The molecule has 2 rings (SSSR count). The van der Waals surface area contributed by atoms with Crippen LogP contribution in [0.4, 0.5) is 0 Å². The van der Waals surface area contributed by atoms with Crippen LogP contribution in [0.15, 0.2) is 24.3 Å². The number of methoxy groups -OCH3 is 2. The van der Waals surface area contributed by atoms with Crippen LogP contribution in [0.5, 0.6) is 11.5 Å². The molecule has 5 nitrogen and oxygen atoms in total. The molecule has 0 saturated heterocycles. The SMILES string of the molecule is CCc1c(CO[P+](=O)OCc2ccc(OC)c(CC)c2CC)ccc(OC)c1CC. The highest BCUT2D eigenvalue weighted by Gasteiger charge is 2.24. The maximum Gasteiger partial charge on any atom is 0.698 e. The Balaban J connectivity index is 2.06. The predicted octanol–water partition coefficient (Wildman–Crippen LogP) is 6.34. The molecule has 0 aromatic heterocycles. The summed E-state index contributed by atoms with van der Waals surface area (Å²) >= 11 is 0. The second-order valence-corrected chi connectivity index (χ2v) is 7.92. The van der Waals surface area contributed by atoms with Gasteiger partial charge in [0.2, 0.25) is 0 Å². The first-order valence-corrected chi connectivity index (χ1v) is 11.7. The number of hydrogen-bond acceptors (Lipinski definition) is 5. The van der Waals surface area contributed by atoms with Crippen LogP contribution in [-0.2, 0) is 52.5 Å². The zero-order valence-corrected chi connectivity index (χ0v) is 19.9. The average Bonchev–Trinajstić information content (AvgIpc) is 2.79. The summed E-state index contributed by atoms with van der Waals surface area (Å²) in [5, 5.41) is 0. The van der Waals surface area contributed by atoms with E-state index in [1.165, 1.54) is 22.3 Å². The van der Waals surface area contributed by atoms with Gasteiger partial charge in [-0.25, -0.2) is 0 Å². The zero-order chi connectivity index (χ0) is 22.1. The maximum absolute atomic E-state index is 12.4. The molecule has 0 fully saturated rings. The lowest BCUT2D eigenvalue weighted by atomic mass is 9.96. The lowest BCUT2D eigenvalue weighted by Crippen LogP contribution is -2.03. The minimum absolute atomic E-state index is 0.249. The van der Waals surface area contributed by atoms with Gasteiger partial charge in [0.15, 0.2) is 0 Å². The van der Waals surface area contributed by atoms with E-state index in [1.807, 2.05) is 24.3 Å². The molecule has 0 aliphatic rings. The largest absolute Gasteiger partial charge is 0.698 e. The van der Waals surface area contributed by atoms with E-state index in [4.69, 9.17) is 18.5 Å². The first kappa shape index (κ1) is 24.3. The van der Waals surface area contributed by atoms with Gasteiger partial charge in [0.1, 0.15) is 24.7 Å². The van der Waals surface area contributed by atoms with Crippen LogP contribution in [0.25, 0.3) is 0 Å². The number of benzene rings is 2. The summed E-state index contributed by atoms with van der Waals surface area (Å²) in [6, 6.07) is 7.85. The van der Waals surface area contributed by atoms with Crippen LogP contribution in [0.2, 0.25) is 0 Å². The molecule has 0 aliphatic carbocycles. The number of ether oxygens (including phenoxy) is 2. The van der Waals surface area contributed by atoms with Crippen molar-refractivity contribution in [2.24, 2.45) is 0 Å². The van der Waals surface area contributed by atoms with Gasteiger partial charge in [0, 0.05) is 4.57 Å². The molecule has 0 aliphatic heterocycles. The van der Waals surface area contributed by atoms with Crippen LogP contribution in [0.1, 0.15) is 61.1 Å². The number of hydrogen-bond donors (Lipinski definition) is 0. The van der Waals surface area contributed by atoms with Gasteiger partial charge in [-0.1, -0.05) is 39.8 Å². The van der Waals surface area contributed by atoms with Crippen molar-refractivity contribution < 1.29 is 23.1 Å². The Morgan fingerprint density at radius 2 is 1.00 bits per heavy atom. The van der Waals surface area contributed by atoms with Gasteiger partial charge in [-0.3, -0.25) is 0 Å². The molecule has 0 heterocycles. The molecule has 0 atom stereocenters. The summed E-state index contributed by atoms with van der Waals surface area (Å²) in [6.45, 7) is 8.92. The lowest BCUT2D eigenvalue weighted by molar-refractivity contribution is 0.212. The molecule has 0 unspecified atom stereocenters. The lowest BCUT2D eigenvalue weighted by Gasteiger charge is -2.15. The molecule has 30 heavy (non-hydrogen) atoms. The van der Waals surface area contributed by atoms with E-state index in [-0.39, 0.29) is 13.2 Å². The molecule has 0 amide bonds. The van der Waals surface area contributed by atoms with E-state index in [2.05, 4.69) is 27.7 Å². The van der Waals surface area contributed by atoms with Crippen LogP contribution in [0.3, 0.4) is 0 Å². The van der Waals surface area contributed by atoms with Gasteiger partial charge in [0.25, 0.3) is 0 Å². The summed E-state index contributed by atoms with van der Waals surface area (Å²) < 4.78 is 34.5. The second kappa shape index (κ2) is 12.0. The van der Waals surface area contributed by atoms with Crippen molar-refractivity contribution >= 4 is 8.25 Å². The monoisotopic (exact) mass is 433 g/mol. The third-order valence-corrected chi connectivity index (χ3v) is 6.16. The van der Waals surface area contributed by atoms with Crippen LogP contribution < -0.4 is 9.47 Å². The zero-order valence-electron chi connectivity index (χ0n) is 19.0. The van der Waals surface area contributed by atoms with Gasteiger partial charge >= 0.3 is 8.25 Å². The quantitative estimate of drug-likeness (QED) is 0.365. The molecule has 0 bridgehead atoms. The van der Waals surface area contributed by atoms with Crippen molar-refractivity contribution in [1.29, 1.82) is 0 Å². The van der Waals surface area contributed by atoms with E-state index in [0.29, 0.717) is 0 Å². The van der Waals surface area contributed by atoms with E-state index in [1.54, 1.807) is 14.2 Å². The van der Waals surface area contributed by atoms with Crippen LogP contribution in [0, 0.1) is 0 Å². The molecule has 0 spiro atoms. The molecular weight excluding hydrogens is 399 g/mol. The van der Waals surface area contributed by atoms with Crippen molar-refractivity contribution in [3.8, 4) is 11.5 Å². The summed E-state index contributed by atoms with van der Waals surface area (Å²) in [5.74, 6) is 1.77. The summed E-state index contributed by atoms with van der Waals surface area (Å²) in [7, 11) is 1.14. The van der Waals surface area contributed by atoms with Crippen LogP contribution >= 0.6 is 8.25 Å². The first-order chi connectivity index (χ1) is 14.5. The Morgan fingerprint density at radius 3 is 1.30 bits per heavy atom. The topological polar surface area (TPSA) is 54.0 Å². The van der Waals surface area contributed by atoms with Crippen molar-refractivity contribution in [1.82, 2.24) is 0 Å². The predicted molar refractivity (Wildman–Crippen MR) is 121 cm³/mol. The Labute approximate surface area is 181 Å². The molecule has 0 saturated carbocycles. The smallest absolute Gasteiger partial charge is 0.496 e. The summed E-state index contributed by atoms with van der Waals surface area (Å²) in [4.78, 5) is 0. The van der Waals surface area contributed by atoms with E-state index >= 15 is 0 Å². The second-order valence-electron chi connectivity index (χ2n) is 6.95. The molecular formula is C24H34O5P+. The molecule has 164 valence electrons. The Bertz CT molecular complexity index is 794. The van der Waals surface area contributed by atoms with Gasteiger partial charge in [-0.15, -0.1) is 9.05 Å². The van der Waals surface area contributed by atoms with Crippen LogP contribution in [-0.4, -0.2) is 14.2 Å². The Kier molecular flexibility index (Phi) is 9.77. The number of rotatable bonds is 12.